The molecule has 1 aliphatic carbocycles. The maximum atomic E-state index is 10.6. The third kappa shape index (κ3) is 3.74. The molecule has 0 aliphatic heterocycles. The molecule has 20 heavy (non-hydrogen) atoms. The van der Waals surface area contributed by atoms with E-state index in [1.807, 2.05) is 11.7 Å². The zero-order valence-electron chi connectivity index (χ0n) is 12.6. The smallest absolute Gasteiger partial charge is 0.0863 e. The third-order valence-corrected chi connectivity index (χ3v) is 4.72. The minimum absolute atomic E-state index is 0.546. The number of rotatable bonds is 5. The van der Waals surface area contributed by atoms with Gasteiger partial charge in [-0.1, -0.05) is 44.2 Å². The number of halogens is 1. The number of hydrogen-bond acceptors (Lipinski definition) is 3. The molecule has 1 saturated carbocycles. The van der Waals surface area contributed by atoms with Crippen LogP contribution in [0.3, 0.4) is 0 Å². The molecule has 1 aromatic heterocycles. The minimum Gasteiger partial charge on any atom is -0.389 e. The Morgan fingerprint density at radius 1 is 1.30 bits per heavy atom. The van der Waals surface area contributed by atoms with Crippen LogP contribution < -0.4 is 5.32 Å². The molecule has 1 fully saturated rings. The summed E-state index contributed by atoms with van der Waals surface area (Å²) in [4.78, 5) is 0. The van der Waals surface area contributed by atoms with Crippen LogP contribution in [0.4, 0.5) is 0 Å². The lowest BCUT2D eigenvalue weighted by atomic mass is 9.94. The third-order valence-electron chi connectivity index (χ3n) is 4.28. The quantitative estimate of drug-likeness (QED) is 0.822. The van der Waals surface area contributed by atoms with E-state index in [0.29, 0.717) is 13.1 Å². The second-order valence-corrected chi connectivity index (χ2v) is 6.30. The second-order valence-electron chi connectivity index (χ2n) is 5.93. The molecule has 5 heteroatoms. The first-order chi connectivity index (χ1) is 9.56. The standard InChI is InChI=1S/C15H26ClN3O/c1-3-12-14(16)13(19(2)18-12)10-17-11-15(20)8-6-4-5-7-9-15/h17,20H,3-11H2,1-2H3. The highest BCUT2D eigenvalue weighted by Gasteiger charge is 2.27. The summed E-state index contributed by atoms with van der Waals surface area (Å²) in [5.74, 6) is 0. The first-order valence-corrected chi connectivity index (χ1v) is 8.07. The van der Waals surface area contributed by atoms with E-state index in [4.69, 9.17) is 11.6 Å². The van der Waals surface area contributed by atoms with Crippen molar-refractivity contribution in [2.45, 2.75) is 64.0 Å². The summed E-state index contributed by atoms with van der Waals surface area (Å²) in [5, 5.41) is 19.1. The van der Waals surface area contributed by atoms with Crippen molar-refractivity contribution in [3.63, 3.8) is 0 Å². The molecular weight excluding hydrogens is 274 g/mol. The monoisotopic (exact) mass is 299 g/mol. The summed E-state index contributed by atoms with van der Waals surface area (Å²) < 4.78 is 1.84. The van der Waals surface area contributed by atoms with Gasteiger partial charge in [0, 0.05) is 20.1 Å². The maximum absolute atomic E-state index is 10.6. The van der Waals surface area contributed by atoms with Gasteiger partial charge in [0.2, 0.25) is 0 Å². The van der Waals surface area contributed by atoms with Crippen LogP contribution in [0.25, 0.3) is 0 Å². The van der Waals surface area contributed by atoms with E-state index in [2.05, 4.69) is 17.3 Å². The molecule has 0 amide bonds. The number of aryl methyl sites for hydroxylation is 2. The van der Waals surface area contributed by atoms with E-state index in [0.717, 1.165) is 48.5 Å². The van der Waals surface area contributed by atoms with Crippen molar-refractivity contribution < 1.29 is 5.11 Å². The molecule has 1 aromatic rings. The van der Waals surface area contributed by atoms with Gasteiger partial charge in [-0.3, -0.25) is 4.68 Å². The first-order valence-electron chi connectivity index (χ1n) is 7.69. The van der Waals surface area contributed by atoms with Crippen LogP contribution in [0.1, 0.15) is 56.8 Å². The van der Waals surface area contributed by atoms with Crippen molar-refractivity contribution in [3.05, 3.63) is 16.4 Å². The molecule has 0 unspecified atom stereocenters. The average molecular weight is 300 g/mol. The summed E-state index contributed by atoms with van der Waals surface area (Å²) in [5.41, 5.74) is 1.40. The Morgan fingerprint density at radius 3 is 2.50 bits per heavy atom. The van der Waals surface area contributed by atoms with Gasteiger partial charge >= 0.3 is 0 Å². The van der Waals surface area contributed by atoms with E-state index in [1.165, 1.54) is 12.8 Å². The Labute approximate surface area is 126 Å². The molecule has 0 bridgehead atoms. The molecule has 0 aromatic carbocycles. The Balaban J connectivity index is 1.90. The average Bonchev–Trinajstić information content (AvgIpc) is 2.59. The van der Waals surface area contributed by atoms with E-state index in [-0.39, 0.29) is 0 Å². The van der Waals surface area contributed by atoms with Crippen molar-refractivity contribution >= 4 is 11.6 Å². The lowest BCUT2D eigenvalue weighted by Crippen LogP contribution is -2.40. The molecule has 1 aliphatic rings. The van der Waals surface area contributed by atoms with Gasteiger partial charge in [0.15, 0.2) is 0 Å². The second kappa shape index (κ2) is 6.92. The number of nitrogens with zero attached hydrogens (tertiary/aromatic N) is 2. The molecule has 2 rings (SSSR count). The Hall–Kier alpha value is -0.580. The van der Waals surface area contributed by atoms with Gasteiger partial charge in [-0.25, -0.2) is 0 Å². The van der Waals surface area contributed by atoms with E-state index in [1.54, 1.807) is 0 Å². The van der Waals surface area contributed by atoms with Crippen LogP contribution in [0, 0.1) is 0 Å². The largest absolute Gasteiger partial charge is 0.389 e. The molecule has 1 heterocycles. The molecule has 2 N–H and O–H groups in total. The maximum Gasteiger partial charge on any atom is 0.0863 e. The van der Waals surface area contributed by atoms with Crippen molar-refractivity contribution in [2.24, 2.45) is 7.05 Å². The molecule has 0 radical (unpaired) electrons. The number of aromatic nitrogens is 2. The topological polar surface area (TPSA) is 50.1 Å². The van der Waals surface area contributed by atoms with Crippen LogP contribution >= 0.6 is 11.6 Å². The first kappa shape index (κ1) is 15.8. The van der Waals surface area contributed by atoms with Gasteiger partial charge in [-0.2, -0.15) is 5.10 Å². The summed E-state index contributed by atoms with van der Waals surface area (Å²) >= 11 is 6.33. The van der Waals surface area contributed by atoms with Gasteiger partial charge in [0.25, 0.3) is 0 Å². The van der Waals surface area contributed by atoms with Crippen LogP contribution in [-0.4, -0.2) is 27.0 Å². The van der Waals surface area contributed by atoms with E-state index >= 15 is 0 Å². The van der Waals surface area contributed by atoms with Gasteiger partial charge < -0.3 is 10.4 Å². The van der Waals surface area contributed by atoms with Gasteiger partial charge in [-0.05, 0) is 19.3 Å². The molecule has 4 nitrogen and oxygen atoms in total. The van der Waals surface area contributed by atoms with Gasteiger partial charge in [0.1, 0.15) is 0 Å². The van der Waals surface area contributed by atoms with E-state index < -0.39 is 5.60 Å². The summed E-state index contributed by atoms with van der Waals surface area (Å²) in [7, 11) is 1.92. The van der Waals surface area contributed by atoms with Crippen molar-refractivity contribution in [1.29, 1.82) is 0 Å². The highest BCUT2D eigenvalue weighted by atomic mass is 35.5. The number of aliphatic hydroxyl groups is 1. The van der Waals surface area contributed by atoms with Crippen molar-refractivity contribution in [3.8, 4) is 0 Å². The predicted octanol–water partition coefficient (Wildman–Crippen LogP) is 2.81. The molecule has 0 spiro atoms. The summed E-state index contributed by atoms with van der Waals surface area (Å²) in [6, 6.07) is 0. The number of hydrogen-bond donors (Lipinski definition) is 2. The Kier molecular flexibility index (Phi) is 5.47. The minimum atomic E-state index is -0.546. The Morgan fingerprint density at radius 2 is 1.95 bits per heavy atom. The fraction of sp³-hybridized carbons (Fsp3) is 0.800. The lowest BCUT2D eigenvalue weighted by Gasteiger charge is -2.27. The summed E-state index contributed by atoms with van der Waals surface area (Å²) in [6.45, 7) is 3.35. The van der Waals surface area contributed by atoms with E-state index in [9.17, 15) is 5.11 Å². The molecule has 0 saturated heterocycles. The SMILES string of the molecule is CCc1nn(C)c(CNCC2(O)CCCCCC2)c1Cl. The van der Waals surface area contributed by atoms with Crippen molar-refractivity contribution in [1.82, 2.24) is 15.1 Å². The molecule has 114 valence electrons. The number of nitrogens with one attached hydrogen (secondary N) is 1. The Bertz CT molecular complexity index is 437. The zero-order chi connectivity index (χ0) is 14.6. The van der Waals surface area contributed by atoms with Crippen LogP contribution in [0.2, 0.25) is 5.02 Å². The predicted molar refractivity (Wildman–Crippen MR) is 82.0 cm³/mol. The summed E-state index contributed by atoms with van der Waals surface area (Å²) in [6.07, 6.45) is 7.40. The van der Waals surface area contributed by atoms with Crippen molar-refractivity contribution in [2.75, 3.05) is 6.54 Å². The lowest BCUT2D eigenvalue weighted by molar-refractivity contribution is 0.0249. The van der Waals surface area contributed by atoms with Crippen LogP contribution in [0.15, 0.2) is 0 Å². The van der Waals surface area contributed by atoms with Gasteiger partial charge in [0.05, 0.1) is 22.0 Å². The van der Waals surface area contributed by atoms with Gasteiger partial charge in [-0.15, -0.1) is 0 Å². The van der Waals surface area contributed by atoms with Crippen LogP contribution in [-0.2, 0) is 20.0 Å². The normalized spacial score (nSPS) is 19.0. The zero-order valence-corrected chi connectivity index (χ0v) is 13.3. The fourth-order valence-electron chi connectivity index (χ4n) is 2.99. The molecule has 0 atom stereocenters. The highest BCUT2D eigenvalue weighted by Crippen LogP contribution is 2.27. The molecular formula is C15H26ClN3O. The van der Waals surface area contributed by atoms with Crippen LogP contribution in [0.5, 0.6) is 0 Å². The fourth-order valence-corrected chi connectivity index (χ4v) is 3.35. The highest BCUT2D eigenvalue weighted by molar-refractivity contribution is 6.31.